The van der Waals surface area contributed by atoms with E-state index in [9.17, 15) is 0 Å². The van der Waals surface area contributed by atoms with Gasteiger partial charge in [0.2, 0.25) is 0 Å². The molecule has 0 spiro atoms. The largest absolute Gasteiger partial charge is 0.342 e. The van der Waals surface area contributed by atoms with E-state index in [1.165, 1.54) is 86.4 Å². The molecule has 35 heavy (non-hydrogen) atoms. The maximum Gasteiger partial charge on any atom is 0.252 e. The van der Waals surface area contributed by atoms with E-state index in [0.29, 0.717) is 6.71 Å². The first-order chi connectivity index (χ1) is 17.4. The minimum absolute atomic E-state index is 0.293. The lowest BCUT2D eigenvalue weighted by atomic mass is 9.33. The van der Waals surface area contributed by atoms with Gasteiger partial charge in [-0.25, -0.2) is 0 Å². The molecule has 4 aliphatic heterocycles. The van der Waals surface area contributed by atoms with Crippen LogP contribution in [0.3, 0.4) is 0 Å². The predicted octanol–water partition coefficient (Wildman–Crippen LogP) is 5.30. The van der Waals surface area contributed by atoms with Crippen LogP contribution in [0.2, 0.25) is 0 Å². The Balaban J connectivity index is 1.47. The third-order valence-electron chi connectivity index (χ3n) is 9.02. The summed E-state index contributed by atoms with van der Waals surface area (Å²) in [5.74, 6) is 0. The first kappa shape index (κ1) is 18.6. The number of hydrogen-bond acceptors (Lipinski definition) is 2. The van der Waals surface area contributed by atoms with Gasteiger partial charge in [-0.05, 0) is 86.9 Å². The van der Waals surface area contributed by atoms with Gasteiger partial charge in [-0.2, -0.15) is 0 Å². The number of benzene rings is 5. The first-order valence-electron chi connectivity index (χ1n) is 13.2. The van der Waals surface area contributed by atoms with Crippen molar-refractivity contribution in [3.63, 3.8) is 0 Å². The van der Waals surface area contributed by atoms with E-state index in [0.717, 1.165) is 13.1 Å². The van der Waals surface area contributed by atoms with E-state index in [2.05, 4.69) is 88.7 Å². The second-order valence-electron chi connectivity index (χ2n) is 10.7. The van der Waals surface area contributed by atoms with Crippen molar-refractivity contribution in [1.29, 1.82) is 0 Å². The maximum atomic E-state index is 2.66. The molecule has 0 aliphatic carbocycles. The Bertz CT molecular complexity index is 1610. The molecule has 0 fully saturated rings. The molecule has 0 radical (unpaired) electrons. The summed E-state index contributed by atoms with van der Waals surface area (Å²) >= 11 is 0. The lowest BCUT2D eigenvalue weighted by Gasteiger charge is -2.48. The Morgan fingerprint density at radius 1 is 0.571 bits per heavy atom. The molecule has 5 aromatic rings. The van der Waals surface area contributed by atoms with Crippen LogP contribution in [0.15, 0.2) is 78.9 Å². The van der Waals surface area contributed by atoms with E-state index < -0.39 is 0 Å². The molecule has 2 nitrogen and oxygen atoms in total. The Kier molecular flexibility index (Phi) is 3.44. The monoisotopic (exact) mass is 448 g/mol. The van der Waals surface area contributed by atoms with Gasteiger partial charge in [0.25, 0.3) is 6.71 Å². The number of anilines is 4. The van der Waals surface area contributed by atoms with Crippen LogP contribution in [0.5, 0.6) is 0 Å². The number of rotatable bonds is 0. The topological polar surface area (TPSA) is 6.48 Å². The number of nitrogens with zero attached hydrogens (tertiary/aromatic N) is 2. The molecule has 0 aromatic heterocycles. The molecular formula is C32H25BN2. The van der Waals surface area contributed by atoms with Crippen LogP contribution >= 0.6 is 0 Å². The van der Waals surface area contributed by atoms with Crippen molar-refractivity contribution >= 4 is 67.4 Å². The zero-order valence-electron chi connectivity index (χ0n) is 19.7. The van der Waals surface area contributed by atoms with Gasteiger partial charge in [0.05, 0.1) is 0 Å². The zero-order valence-corrected chi connectivity index (χ0v) is 19.7. The van der Waals surface area contributed by atoms with Gasteiger partial charge in [-0.15, -0.1) is 0 Å². The van der Waals surface area contributed by atoms with Crippen molar-refractivity contribution in [2.45, 2.75) is 25.7 Å². The van der Waals surface area contributed by atoms with Crippen molar-refractivity contribution < 1.29 is 0 Å². The average Bonchev–Trinajstić information content (AvgIpc) is 2.92. The third-order valence-corrected chi connectivity index (χ3v) is 9.02. The van der Waals surface area contributed by atoms with E-state index in [1.807, 2.05) is 0 Å². The van der Waals surface area contributed by atoms with Gasteiger partial charge in [0.1, 0.15) is 0 Å². The highest BCUT2D eigenvalue weighted by Gasteiger charge is 2.45. The van der Waals surface area contributed by atoms with Gasteiger partial charge in [0.15, 0.2) is 0 Å². The molecule has 0 saturated carbocycles. The standard InChI is InChI=1S/C32H25BN2/c1-3-10-22-20(8-1)18-26-31-24(22)12-6-16-34(31)28-14-5-15-29-30(28)33(26)27-19-21-9-2-4-11-23(21)25-13-7-17-35(29)32(25)27/h1-5,8-11,14-15,18-19H,6-7,12-13,16-17H2. The fraction of sp³-hybridized carbons (Fsp3) is 0.188. The summed E-state index contributed by atoms with van der Waals surface area (Å²) < 4.78 is 0. The van der Waals surface area contributed by atoms with E-state index >= 15 is 0 Å². The molecule has 0 amide bonds. The molecule has 0 N–H and O–H groups in total. The normalized spacial score (nSPS) is 16.9. The summed E-state index contributed by atoms with van der Waals surface area (Å²) in [6, 6.07) is 30.2. The Morgan fingerprint density at radius 2 is 1.09 bits per heavy atom. The Labute approximate surface area is 205 Å². The SMILES string of the molecule is c1cc2c3c(c1)N1CCCc4c1c(cc1ccccc41)B3c1cc3ccccc3c3c1N2CCC3. The molecule has 5 aromatic carbocycles. The average molecular weight is 448 g/mol. The van der Waals surface area contributed by atoms with Gasteiger partial charge in [-0.3, -0.25) is 0 Å². The predicted molar refractivity (Wildman–Crippen MR) is 150 cm³/mol. The molecule has 9 rings (SSSR count). The summed E-state index contributed by atoms with van der Waals surface area (Å²) in [5.41, 5.74) is 13.5. The Hall–Kier alpha value is -3.72. The van der Waals surface area contributed by atoms with Crippen LogP contribution in [-0.2, 0) is 12.8 Å². The van der Waals surface area contributed by atoms with Gasteiger partial charge in [0, 0.05) is 35.8 Å². The van der Waals surface area contributed by atoms with Crippen molar-refractivity contribution in [3.8, 4) is 0 Å². The highest BCUT2D eigenvalue weighted by atomic mass is 15.2. The second kappa shape index (κ2) is 6.49. The van der Waals surface area contributed by atoms with Crippen LogP contribution in [0.1, 0.15) is 24.0 Å². The molecule has 4 heterocycles. The first-order valence-corrected chi connectivity index (χ1v) is 13.2. The van der Waals surface area contributed by atoms with E-state index in [4.69, 9.17) is 0 Å². The van der Waals surface area contributed by atoms with Crippen molar-refractivity contribution in [2.24, 2.45) is 0 Å². The molecule has 3 heteroatoms. The molecular weight excluding hydrogens is 423 g/mol. The van der Waals surface area contributed by atoms with E-state index in [1.54, 1.807) is 11.1 Å². The number of aryl methyl sites for hydroxylation is 2. The second-order valence-corrected chi connectivity index (χ2v) is 10.7. The molecule has 4 aliphatic rings. The van der Waals surface area contributed by atoms with Crippen LogP contribution < -0.4 is 26.2 Å². The fourth-order valence-corrected chi connectivity index (χ4v) is 7.77. The van der Waals surface area contributed by atoms with Crippen LogP contribution in [0.25, 0.3) is 21.5 Å². The lowest BCUT2D eigenvalue weighted by Crippen LogP contribution is -2.63. The minimum Gasteiger partial charge on any atom is -0.342 e. The van der Waals surface area contributed by atoms with Crippen LogP contribution in [-0.4, -0.2) is 19.8 Å². The molecule has 166 valence electrons. The number of hydrogen-bond donors (Lipinski definition) is 0. The van der Waals surface area contributed by atoms with Crippen molar-refractivity contribution in [2.75, 3.05) is 22.9 Å². The quantitative estimate of drug-likeness (QED) is 0.297. The molecule has 0 atom stereocenters. The highest BCUT2D eigenvalue weighted by molar-refractivity contribution is 7.00. The van der Waals surface area contributed by atoms with Crippen LogP contribution in [0, 0.1) is 0 Å². The van der Waals surface area contributed by atoms with Gasteiger partial charge < -0.3 is 9.80 Å². The molecule has 0 saturated heterocycles. The van der Waals surface area contributed by atoms with Crippen molar-refractivity contribution in [1.82, 2.24) is 0 Å². The smallest absolute Gasteiger partial charge is 0.252 e. The van der Waals surface area contributed by atoms with Gasteiger partial charge >= 0.3 is 0 Å². The van der Waals surface area contributed by atoms with Crippen molar-refractivity contribution in [3.05, 3.63) is 90.0 Å². The summed E-state index contributed by atoms with van der Waals surface area (Å²) in [5, 5.41) is 5.66. The molecule has 0 bridgehead atoms. The fourth-order valence-electron chi connectivity index (χ4n) is 7.77. The van der Waals surface area contributed by atoms with E-state index in [-0.39, 0.29) is 0 Å². The molecule has 0 unspecified atom stereocenters. The van der Waals surface area contributed by atoms with Crippen LogP contribution in [0.4, 0.5) is 22.7 Å². The lowest BCUT2D eigenvalue weighted by molar-refractivity contribution is 0.767. The highest BCUT2D eigenvalue weighted by Crippen LogP contribution is 2.45. The summed E-state index contributed by atoms with van der Waals surface area (Å²) in [4.78, 5) is 5.32. The third kappa shape index (κ3) is 2.23. The maximum absolute atomic E-state index is 2.66. The number of fused-ring (bicyclic) bond motifs is 8. The summed E-state index contributed by atoms with van der Waals surface area (Å²) in [6.07, 6.45) is 4.77. The van der Waals surface area contributed by atoms with Gasteiger partial charge in [-0.1, -0.05) is 66.7 Å². The Morgan fingerprint density at radius 3 is 1.63 bits per heavy atom. The zero-order chi connectivity index (χ0) is 22.7. The summed E-state index contributed by atoms with van der Waals surface area (Å²) in [7, 11) is 0. The minimum atomic E-state index is 0.293. The summed E-state index contributed by atoms with van der Waals surface area (Å²) in [6.45, 7) is 2.51.